The van der Waals surface area contributed by atoms with Crippen LogP contribution in [0, 0.1) is 11.8 Å². The molecule has 3 heteroatoms. The fourth-order valence-corrected chi connectivity index (χ4v) is 2.71. The number of nitrogen functional groups attached to an aromatic ring is 1. The fourth-order valence-electron chi connectivity index (χ4n) is 2.71. The van der Waals surface area contributed by atoms with Gasteiger partial charge in [-0.05, 0) is 42.4 Å². The topological polar surface area (TPSA) is 55.1 Å². The summed E-state index contributed by atoms with van der Waals surface area (Å²) < 4.78 is 0. The van der Waals surface area contributed by atoms with Gasteiger partial charge in [-0.25, -0.2) is 0 Å². The maximum Gasteiger partial charge on any atom is 0.224 e. The van der Waals surface area contributed by atoms with Crippen LogP contribution in [0.1, 0.15) is 32.3 Å². The number of nitrogens with one attached hydrogen (secondary N) is 1. The largest absolute Gasteiger partial charge is 0.399 e. The second-order valence-electron chi connectivity index (χ2n) is 5.51. The molecule has 0 radical (unpaired) electrons. The standard InChI is InChI=1S/C15H22N2O/c1-10-6-7-14(11(10)2)17-15(18)9-12-4-3-5-13(16)8-12/h3-5,8,10-11,14H,6-7,9,16H2,1-2H3,(H,17,18). The van der Waals surface area contributed by atoms with Crippen LogP contribution in [0.4, 0.5) is 5.69 Å². The van der Waals surface area contributed by atoms with Crippen LogP contribution in [-0.2, 0) is 11.2 Å². The molecule has 0 heterocycles. The number of carbonyl (C=O) groups excluding carboxylic acids is 1. The van der Waals surface area contributed by atoms with Crippen LogP contribution in [0.25, 0.3) is 0 Å². The van der Waals surface area contributed by atoms with Crippen molar-refractivity contribution in [3.05, 3.63) is 29.8 Å². The molecule has 3 unspecified atom stereocenters. The Hall–Kier alpha value is -1.51. The lowest BCUT2D eigenvalue weighted by Gasteiger charge is -2.19. The van der Waals surface area contributed by atoms with Crippen molar-refractivity contribution < 1.29 is 4.79 Å². The van der Waals surface area contributed by atoms with Crippen molar-refractivity contribution in [3.8, 4) is 0 Å². The van der Waals surface area contributed by atoms with Gasteiger partial charge >= 0.3 is 0 Å². The van der Waals surface area contributed by atoms with Crippen molar-refractivity contribution >= 4 is 11.6 Å². The van der Waals surface area contributed by atoms with Crippen LogP contribution in [0.2, 0.25) is 0 Å². The Balaban J connectivity index is 1.89. The molecule has 1 fully saturated rings. The van der Waals surface area contributed by atoms with Crippen molar-refractivity contribution in [2.24, 2.45) is 11.8 Å². The molecule has 18 heavy (non-hydrogen) atoms. The summed E-state index contributed by atoms with van der Waals surface area (Å²) in [6, 6.07) is 7.87. The Bertz CT molecular complexity index is 430. The van der Waals surface area contributed by atoms with E-state index in [1.54, 1.807) is 0 Å². The van der Waals surface area contributed by atoms with E-state index in [0.29, 0.717) is 30.0 Å². The molecule has 3 N–H and O–H groups in total. The molecule has 1 aliphatic rings. The number of carbonyl (C=O) groups is 1. The third-order valence-corrected chi connectivity index (χ3v) is 4.13. The van der Waals surface area contributed by atoms with E-state index >= 15 is 0 Å². The Morgan fingerprint density at radius 2 is 2.17 bits per heavy atom. The molecular weight excluding hydrogens is 224 g/mol. The Kier molecular flexibility index (Phi) is 3.90. The molecule has 0 spiro atoms. The summed E-state index contributed by atoms with van der Waals surface area (Å²) >= 11 is 0. The van der Waals surface area contributed by atoms with Crippen molar-refractivity contribution in [2.75, 3.05) is 5.73 Å². The van der Waals surface area contributed by atoms with E-state index in [1.807, 2.05) is 24.3 Å². The quantitative estimate of drug-likeness (QED) is 0.804. The van der Waals surface area contributed by atoms with Gasteiger partial charge in [-0.15, -0.1) is 0 Å². The average Bonchev–Trinajstić information content (AvgIpc) is 2.61. The molecule has 1 saturated carbocycles. The zero-order chi connectivity index (χ0) is 13.1. The second-order valence-corrected chi connectivity index (χ2v) is 5.51. The van der Waals surface area contributed by atoms with E-state index in [2.05, 4.69) is 19.2 Å². The smallest absolute Gasteiger partial charge is 0.224 e. The zero-order valence-corrected chi connectivity index (χ0v) is 11.1. The van der Waals surface area contributed by atoms with Crippen LogP contribution in [0.3, 0.4) is 0 Å². The van der Waals surface area contributed by atoms with Gasteiger partial charge in [-0.3, -0.25) is 4.79 Å². The van der Waals surface area contributed by atoms with E-state index in [4.69, 9.17) is 5.73 Å². The third kappa shape index (κ3) is 3.03. The summed E-state index contributed by atoms with van der Waals surface area (Å²) in [5.41, 5.74) is 7.40. The monoisotopic (exact) mass is 246 g/mol. The van der Waals surface area contributed by atoms with E-state index in [0.717, 1.165) is 12.0 Å². The number of hydrogen-bond donors (Lipinski definition) is 2. The highest BCUT2D eigenvalue weighted by molar-refractivity contribution is 5.79. The molecule has 1 aromatic rings. The molecule has 3 nitrogen and oxygen atoms in total. The van der Waals surface area contributed by atoms with Gasteiger partial charge in [0.25, 0.3) is 0 Å². The van der Waals surface area contributed by atoms with Crippen LogP contribution in [0.15, 0.2) is 24.3 Å². The minimum atomic E-state index is 0.103. The molecule has 1 amide bonds. The number of anilines is 1. The lowest BCUT2D eigenvalue weighted by molar-refractivity contribution is -0.121. The normalized spacial score (nSPS) is 27.1. The average molecular weight is 246 g/mol. The van der Waals surface area contributed by atoms with Crippen molar-refractivity contribution in [2.45, 2.75) is 39.2 Å². The number of nitrogens with two attached hydrogens (primary N) is 1. The van der Waals surface area contributed by atoms with Gasteiger partial charge in [0.2, 0.25) is 5.91 Å². The highest BCUT2D eigenvalue weighted by Crippen LogP contribution is 2.31. The van der Waals surface area contributed by atoms with E-state index < -0.39 is 0 Å². The summed E-state index contributed by atoms with van der Waals surface area (Å²) in [4.78, 5) is 12.0. The first kappa shape index (κ1) is 12.9. The third-order valence-electron chi connectivity index (χ3n) is 4.13. The number of hydrogen-bond acceptors (Lipinski definition) is 2. The van der Waals surface area contributed by atoms with Crippen LogP contribution < -0.4 is 11.1 Å². The molecule has 2 rings (SSSR count). The summed E-state index contributed by atoms with van der Waals surface area (Å²) in [6.45, 7) is 4.48. The first-order chi connectivity index (χ1) is 8.56. The summed E-state index contributed by atoms with van der Waals surface area (Å²) in [5.74, 6) is 1.39. The SMILES string of the molecule is CC1CCC(NC(=O)Cc2cccc(N)c2)C1C. The molecule has 1 aliphatic carbocycles. The van der Waals surface area contributed by atoms with Gasteiger partial charge in [-0.1, -0.05) is 26.0 Å². The highest BCUT2D eigenvalue weighted by Gasteiger charge is 2.30. The first-order valence-electron chi connectivity index (χ1n) is 6.70. The van der Waals surface area contributed by atoms with E-state index in [1.165, 1.54) is 6.42 Å². The zero-order valence-electron chi connectivity index (χ0n) is 11.1. The Morgan fingerprint density at radius 1 is 1.39 bits per heavy atom. The lowest BCUT2D eigenvalue weighted by atomic mass is 9.97. The van der Waals surface area contributed by atoms with Crippen LogP contribution in [0.5, 0.6) is 0 Å². The van der Waals surface area contributed by atoms with Gasteiger partial charge in [-0.2, -0.15) is 0 Å². The molecule has 0 bridgehead atoms. The predicted molar refractivity (Wildman–Crippen MR) is 74.1 cm³/mol. The first-order valence-corrected chi connectivity index (χ1v) is 6.70. The fraction of sp³-hybridized carbons (Fsp3) is 0.533. The maximum absolute atomic E-state index is 12.0. The molecule has 3 atom stereocenters. The van der Waals surface area contributed by atoms with Gasteiger partial charge < -0.3 is 11.1 Å². The minimum Gasteiger partial charge on any atom is -0.399 e. The Morgan fingerprint density at radius 3 is 2.78 bits per heavy atom. The van der Waals surface area contributed by atoms with Gasteiger partial charge in [0, 0.05) is 11.7 Å². The predicted octanol–water partition coefficient (Wildman–Crippen LogP) is 2.36. The molecule has 1 aromatic carbocycles. The van der Waals surface area contributed by atoms with Gasteiger partial charge in [0.1, 0.15) is 0 Å². The van der Waals surface area contributed by atoms with Crippen molar-refractivity contribution in [1.29, 1.82) is 0 Å². The molecule has 0 saturated heterocycles. The number of rotatable bonds is 3. The van der Waals surface area contributed by atoms with Gasteiger partial charge in [0.05, 0.1) is 6.42 Å². The summed E-state index contributed by atoms with van der Waals surface area (Å²) in [5, 5.41) is 3.15. The van der Waals surface area contributed by atoms with Crippen molar-refractivity contribution in [1.82, 2.24) is 5.32 Å². The molecule has 0 aromatic heterocycles. The lowest BCUT2D eigenvalue weighted by Crippen LogP contribution is -2.38. The minimum absolute atomic E-state index is 0.103. The van der Waals surface area contributed by atoms with Gasteiger partial charge in [0.15, 0.2) is 0 Å². The van der Waals surface area contributed by atoms with Crippen LogP contribution >= 0.6 is 0 Å². The Labute approximate surface area is 109 Å². The highest BCUT2D eigenvalue weighted by atomic mass is 16.1. The number of benzene rings is 1. The van der Waals surface area contributed by atoms with E-state index in [-0.39, 0.29) is 5.91 Å². The summed E-state index contributed by atoms with van der Waals surface area (Å²) in [7, 11) is 0. The second kappa shape index (κ2) is 5.42. The molecular formula is C15H22N2O. The molecule has 98 valence electrons. The molecule has 0 aliphatic heterocycles. The van der Waals surface area contributed by atoms with Crippen LogP contribution in [-0.4, -0.2) is 11.9 Å². The van der Waals surface area contributed by atoms with Crippen molar-refractivity contribution in [3.63, 3.8) is 0 Å². The van der Waals surface area contributed by atoms with E-state index in [9.17, 15) is 4.79 Å². The maximum atomic E-state index is 12.0. The number of amides is 1. The summed E-state index contributed by atoms with van der Waals surface area (Å²) in [6.07, 6.45) is 2.73.